The monoisotopic (exact) mass is 330 g/mol. The number of methoxy groups -OCH3 is 1. The van der Waals surface area contributed by atoms with Crippen molar-refractivity contribution in [3.8, 4) is 11.5 Å². The molecule has 0 heterocycles. The van der Waals surface area contributed by atoms with E-state index >= 15 is 0 Å². The van der Waals surface area contributed by atoms with Crippen molar-refractivity contribution in [1.82, 2.24) is 5.32 Å². The summed E-state index contributed by atoms with van der Waals surface area (Å²) in [7, 11) is 1.67. The molecule has 2 rings (SSSR count). The van der Waals surface area contributed by atoms with Gasteiger partial charge in [-0.15, -0.1) is 0 Å². The lowest BCUT2D eigenvalue weighted by Crippen LogP contribution is -2.30. The Morgan fingerprint density at radius 3 is 2.26 bits per heavy atom. The van der Waals surface area contributed by atoms with E-state index in [9.17, 15) is 0 Å². The van der Waals surface area contributed by atoms with E-state index in [1.165, 1.54) is 5.56 Å². The van der Waals surface area contributed by atoms with E-state index in [0.29, 0.717) is 11.7 Å². The van der Waals surface area contributed by atoms with Gasteiger partial charge in [-0.3, -0.25) is 0 Å². The molecule has 0 unspecified atom stereocenters. The van der Waals surface area contributed by atoms with Crippen molar-refractivity contribution in [3.05, 3.63) is 54.1 Å². The molecule has 2 N–H and O–H groups in total. The van der Waals surface area contributed by atoms with Gasteiger partial charge in [0.15, 0.2) is 5.11 Å². The van der Waals surface area contributed by atoms with Crippen LogP contribution in [0, 0.1) is 0 Å². The van der Waals surface area contributed by atoms with Crippen LogP contribution in [0.1, 0.15) is 12.5 Å². The molecule has 0 amide bonds. The molecule has 0 saturated carbocycles. The van der Waals surface area contributed by atoms with Gasteiger partial charge in [0.2, 0.25) is 0 Å². The second kappa shape index (κ2) is 9.00. The predicted octanol–water partition coefficient (Wildman–Crippen LogP) is 3.62. The Hall–Kier alpha value is -2.27. The Kier molecular flexibility index (Phi) is 6.69. The predicted molar refractivity (Wildman–Crippen MR) is 98.5 cm³/mol. The third-order valence-electron chi connectivity index (χ3n) is 3.28. The molecular weight excluding hydrogens is 308 g/mol. The number of hydrogen-bond donors (Lipinski definition) is 2. The number of nitrogens with one attached hydrogen (secondary N) is 2. The summed E-state index contributed by atoms with van der Waals surface area (Å²) in [4.78, 5) is 0. The maximum Gasteiger partial charge on any atom is 0.170 e. The summed E-state index contributed by atoms with van der Waals surface area (Å²) in [5.74, 6) is 1.73. The fraction of sp³-hybridized carbons (Fsp3) is 0.278. The van der Waals surface area contributed by atoms with Crippen molar-refractivity contribution in [2.24, 2.45) is 0 Å². The Morgan fingerprint density at radius 1 is 1.00 bits per heavy atom. The van der Waals surface area contributed by atoms with Crippen LogP contribution in [0.2, 0.25) is 0 Å². The first-order valence-corrected chi connectivity index (χ1v) is 8.02. The molecule has 0 radical (unpaired) electrons. The smallest absolute Gasteiger partial charge is 0.170 e. The summed E-state index contributed by atoms with van der Waals surface area (Å²) < 4.78 is 10.6. The van der Waals surface area contributed by atoms with Crippen LogP contribution < -0.4 is 20.1 Å². The van der Waals surface area contributed by atoms with Crippen LogP contribution in [0.25, 0.3) is 0 Å². The number of rotatable bonds is 7. The number of hydrogen-bond acceptors (Lipinski definition) is 3. The zero-order valence-electron chi connectivity index (χ0n) is 13.5. The van der Waals surface area contributed by atoms with E-state index in [2.05, 4.69) is 22.8 Å². The topological polar surface area (TPSA) is 42.5 Å². The molecule has 0 fully saturated rings. The van der Waals surface area contributed by atoms with Crippen molar-refractivity contribution in [1.29, 1.82) is 0 Å². The van der Waals surface area contributed by atoms with Gasteiger partial charge in [0.25, 0.3) is 0 Å². The largest absolute Gasteiger partial charge is 0.497 e. The van der Waals surface area contributed by atoms with Gasteiger partial charge in [-0.1, -0.05) is 12.1 Å². The highest BCUT2D eigenvalue weighted by Gasteiger charge is 1.99. The molecule has 0 spiro atoms. The van der Waals surface area contributed by atoms with Crippen molar-refractivity contribution >= 4 is 23.0 Å². The van der Waals surface area contributed by atoms with Crippen molar-refractivity contribution < 1.29 is 9.47 Å². The van der Waals surface area contributed by atoms with Gasteiger partial charge >= 0.3 is 0 Å². The van der Waals surface area contributed by atoms with Crippen LogP contribution in [0.4, 0.5) is 5.69 Å². The molecule has 0 saturated heterocycles. The van der Waals surface area contributed by atoms with Crippen molar-refractivity contribution in [2.75, 3.05) is 25.6 Å². The third-order valence-corrected chi connectivity index (χ3v) is 3.53. The lowest BCUT2D eigenvalue weighted by Gasteiger charge is -2.11. The van der Waals surface area contributed by atoms with Gasteiger partial charge in [0.1, 0.15) is 11.5 Å². The van der Waals surface area contributed by atoms with E-state index in [1.54, 1.807) is 7.11 Å². The first kappa shape index (κ1) is 17.1. The van der Waals surface area contributed by atoms with Gasteiger partial charge in [-0.2, -0.15) is 0 Å². The second-order valence-corrected chi connectivity index (χ2v) is 5.34. The Morgan fingerprint density at radius 2 is 1.65 bits per heavy atom. The fourth-order valence-corrected chi connectivity index (χ4v) is 2.31. The van der Waals surface area contributed by atoms with Crippen LogP contribution in [-0.4, -0.2) is 25.4 Å². The van der Waals surface area contributed by atoms with Crippen LogP contribution >= 0.6 is 12.2 Å². The minimum Gasteiger partial charge on any atom is -0.497 e. The molecule has 4 nitrogen and oxygen atoms in total. The van der Waals surface area contributed by atoms with E-state index in [0.717, 1.165) is 30.2 Å². The van der Waals surface area contributed by atoms with Crippen LogP contribution in [0.5, 0.6) is 11.5 Å². The number of anilines is 1. The highest BCUT2D eigenvalue weighted by Crippen LogP contribution is 2.15. The summed E-state index contributed by atoms with van der Waals surface area (Å²) in [6.07, 6.45) is 0.898. The SMILES string of the molecule is CCOc1ccc(NC(=S)NCCc2ccc(OC)cc2)cc1. The van der Waals surface area contributed by atoms with Gasteiger partial charge in [-0.05, 0) is 67.5 Å². The average Bonchev–Trinajstić information content (AvgIpc) is 2.57. The maximum atomic E-state index is 5.41. The minimum absolute atomic E-state index is 0.614. The first-order chi connectivity index (χ1) is 11.2. The van der Waals surface area contributed by atoms with Gasteiger partial charge in [0, 0.05) is 12.2 Å². The van der Waals surface area contributed by atoms with Gasteiger partial charge < -0.3 is 20.1 Å². The van der Waals surface area contributed by atoms with Crippen molar-refractivity contribution in [3.63, 3.8) is 0 Å². The molecule has 5 heteroatoms. The molecule has 0 aliphatic carbocycles. The molecule has 23 heavy (non-hydrogen) atoms. The molecule has 0 aliphatic heterocycles. The average molecular weight is 330 g/mol. The second-order valence-electron chi connectivity index (χ2n) is 4.94. The molecular formula is C18H22N2O2S. The zero-order chi connectivity index (χ0) is 16.5. The van der Waals surface area contributed by atoms with E-state index in [1.807, 2.05) is 43.3 Å². The third kappa shape index (κ3) is 5.79. The molecule has 2 aromatic carbocycles. The van der Waals surface area contributed by atoms with E-state index < -0.39 is 0 Å². The van der Waals surface area contributed by atoms with Crippen LogP contribution in [0.3, 0.4) is 0 Å². The quantitative estimate of drug-likeness (QED) is 0.759. The number of thiocarbonyl (C=S) groups is 1. The van der Waals surface area contributed by atoms with E-state index in [4.69, 9.17) is 21.7 Å². The molecule has 0 aromatic heterocycles. The van der Waals surface area contributed by atoms with E-state index in [-0.39, 0.29) is 0 Å². The Bertz CT molecular complexity index is 612. The van der Waals surface area contributed by atoms with Crippen LogP contribution in [-0.2, 0) is 6.42 Å². The highest BCUT2D eigenvalue weighted by atomic mass is 32.1. The van der Waals surface area contributed by atoms with Crippen molar-refractivity contribution in [2.45, 2.75) is 13.3 Å². The highest BCUT2D eigenvalue weighted by molar-refractivity contribution is 7.80. The maximum absolute atomic E-state index is 5.41. The Labute approximate surface area is 142 Å². The first-order valence-electron chi connectivity index (χ1n) is 7.62. The molecule has 2 aromatic rings. The zero-order valence-corrected chi connectivity index (χ0v) is 14.3. The normalized spacial score (nSPS) is 10.0. The van der Waals surface area contributed by atoms with Gasteiger partial charge in [0.05, 0.1) is 13.7 Å². The molecule has 0 aliphatic rings. The molecule has 0 bridgehead atoms. The Balaban J connectivity index is 1.73. The number of benzene rings is 2. The summed E-state index contributed by atoms with van der Waals surface area (Å²) in [6.45, 7) is 3.40. The summed E-state index contributed by atoms with van der Waals surface area (Å²) in [5.41, 5.74) is 2.18. The van der Waals surface area contributed by atoms with Gasteiger partial charge in [-0.25, -0.2) is 0 Å². The molecule has 122 valence electrons. The lowest BCUT2D eigenvalue weighted by atomic mass is 10.1. The number of ether oxygens (including phenoxy) is 2. The lowest BCUT2D eigenvalue weighted by molar-refractivity contribution is 0.340. The fourth-order valence-electron chi connectivity index (χ4n) is 2.09. The van der Waals surface area contributed by atoms with Crippen LogP contribution in [0.15, 0.2) is 48.5 Å². The standard InChI is InChI=1S/C18H22N2O2S/c1-3-22-17-10-6-15(7-11-17)20-18(23)19-13-12-14-4-8-16(21-2)9-5-14/h4-11H,3,12-13H2,1-2H3,(H2,19,20,23). The summed E-state index contributed by atoms with van der Waals surface area (Å²) >= 11 is 5.30. The minimum atomic E-state index is 0.614. The summed E-state index contributed by atoms with van der Waals surface area (Å²) in [5, 5.41) is 6.98. The summed E-state index contributed by atoms with van der Waals surface area (Å²) in [6, 6.07) is 15.8. The molecule has 0 atom stereocenters.